The highest BCUT2D eigenvalue weighted by molar-refractivity contribution is 6.00. The molecule has 0 fully saturated rings. The number of nitrogens with one attached hydrogen (secondary N) is 1. The summed E-state index contributed by atoms with van der Waals surface area (Å²) in [6.07, 6.45) is 4.50. The van der Waals surface area contributed by atoms with Crippen molar-refractivity contribution >= 4 is 17.9 Å². The summed E-state index contributed by atoms with van der Waals surface area (Å²) < 4.78 is 5.07. The Hall–Kier alpha value is -2.43. The number of aromatic nitrogens is 2. The summed E-state index contributed by atoms with van der Waals surface area (Å²) in [5.74, 6) is 0.629. The molecule has 18 heavy (non-hydrogen) atoms. The summed E-state index contributed by atoms with van der Waals surface area (Å²) in [6, 6.07) is 5.36. The Morgan fingerprint density at radius 2 is 2.06 bits per heavy atom. The van der Waals surface area contributed by atoms with E-state index in [0.717, 1.165) is 11.4 Å². The molecule has 2 aromatic heterocycles. The van der Waals surface area contributed by atoms with Gasteiger partial charge in [-0.25, -0.2) is 9.97 Å². The second-order valence-corrected chi connectivity index (χ2v) is 3.81. The van der Waals surface area contributed by atoms with Crippen molar-refractivity contribution in [3.05, 3.63) is 47.7 Å². The number of furan rings is 1. The van der Waals surface area contributed by atoms with Gasteiger partial charge in [0.25, 0.3) is 5.91 Å². The third-order valence-electron chi connectivity index (χ3n) is 2.16. The van der Waals surface area contributed by atoms with Crippen LogP contribution in [0.15, 0.2) is 35.0 Å². The van der Waals surface area contributed by atoms with Crippen molar-refractivity contribution in [3.8, 4) is 0 Å². The van der Waals surface area contributed by atoms with Crippen LogP contribution in [0.25, 0.3) is 6.08 Å². The minimum Gasteiger partial charge on any atom is -0.465 e. The Morgan fingerprint density at radius 3 is 2.67 bits per heavy atom. The van der Waals surface area contributed by atoms with Gasteiger partial charge in [-0.3, -0.25) is 10.1 Å². The first-order valence-corrected chi connectivity index (χ1v) is 5.48. The van der Waals surface area contributed by atoms with Gasteiger partial charge in [0.1, 0.15) is 5.76 Å². The molecule has 0 radical (unpaired) electrons. The van der Waals surface area contributed by atoms with Crippen molar-refractivity contribution in [2.24, 2.45) is 0 Å². The van der Waals surface area contributed by atoms with E-state index in [0.29, 0.717) is 11.7 Å². The number of carbonyl (C=O) groups is 1. The van der Waals surface area contributed by atoms with E-state index >= 15 is 0 Å². The van der Waals surface area contributed by atoms with Crippen molar-refractivity contribution in [1.29, 1.82) is 0 Å². The van der Waals surface area contributed by atoms with Gasteiger partial charge in [0.05, 0.1) is 6.26 Å². The predicted molar refractivity (Wildman–Crippen MR) is 67.9 cm³/mol. The van der Waals surface area contributed by atoms with Crippen molar-refractivity contribution in [1.82, 2.24) is 9.97 Å². The lowest BCUT2D eigenvalue weighted by molar-refractivity contribution is -0.111. The van der Waals surface area contributed by atoms with Crippen LogP contribution >= 0.6 is 0 Å². The molecule has 0 aliphatic heterocycles. The van der Waals surface area contributed by atoms with Gasteiger partial charge < -0.3 is 4.42 Å². The highest BCUT2D eigenvalue weighted by atomic mass is 16.3. The molecule has 2 heterocycles. The Labute approximate surface area is 105 Å². The predicted octanol–water partition coefficient (Wildman–Crippen LogP) is 2.34. The van der Waals surface area contributed by atoms with E-state index < -0.39 is 0 Å². The van der Waals surface area contributed by atoms with Gasteiger partial charge in [-0.05, 0) is 38.1 Å². The molecular formula is C13H13N3O2. The van der Waals surface area contributed by atoms with E-state index in [2.05, 4.69) is 15.3 Å². The zero-order valence-electron chi connectivity index (χ0n) is 10.2. The number of hydrogen-bond donors (Lipinski definition) is 1. The third-order valence-corrected chi connectivity index (χ3v) is 2.16. The largest absolute Gasteiger partial charge is 0.465 e. The Kier molecular flexibility index (Phi) is 3.52. The fourth-order valence-corrected chi connectivity index (χ4v) is 1.48. The van der Waals surface area contributed by atoms with Gasteiger partial charge in [0.2, 0.25) is 5.95 Å². The summed E-state index contributed by atoms with van der Waals surface area (Å²) >= 11 is 0. The third kappa shape index (κ3) is 3.28. The summed E-state index contributed by atoms with van der Waals surface area (Å²) in [7, 11) is 0. The minimum atomic E-state index is -0.295. The molecule has 0 bridgehead atoms. The molecule has 0 saturated heterocycles. The van der Waals surface area contributed by atoms with Gasteiger partial charge >= 0.3 is 0 Å². The molecule has 0 atom stereocenters. The molecule has 5 heteroatoms. The Bertz CT molecular complexity index is 554. The number of rotatable bonds is 3. The highest BCUT2D eigenvalue weighted by Gasteiger charge is 2.02. The van der Waals surface area contributed by atoms with Crippen molar-refractivity contribution in [2.75, 3.05) is 5.32 Å². The van der Waals surface area contributed by atoms with Gasteiger partial charge in [0, 0.05) is 17.5 Å². The van der Waals surface area contributed by atoms with Gasteiger partial charge in [-0.2, -0.15) is 0 Å². The Balaban J connectivity index is 2.03. The molecule has 0 aliphatic carbocycles. The van der Waals surface area contributed by atoms with Crippen LogP contribution in [-0.2, 0) is 4.79 Å². The Morgan fingerprint density at radius 1 is 1.33 bits per heavy atom. The molecule has 5 nitrogen and oxygen atoms in total. The molecule has 0 spiro atoms. The summed E-state index contributed by atoms with van der Waals surface area (Å²) in [5, 5.41) is 2.60. The summed E-state index contributed by atoms with van der Waals surface area (Å²) in [5.41, 5.74) is 1.63. The second kappa shape index (κ2) is 5.27. The number of amides is 1. The first-order chi connectivity index (χ1) is 8.63. The smallest absolute Gasteiger partial charge is 0.250 e. The SMILES string of the molecule is Cc1cc(C)nc(NC(=O)C=Cc2ccco2)n1. The zero-order valence-corrected chi connectivity index (χ0v) is 10.2. The lowest BCUT2D eigenvalue weighted by Gasteiger charge is -2.02. The zero-order chi connectivity index (χ0) is 13.0. The molecule has 92 valence electrons. The van der Waals surface area contributed by atoms with Crippen LogP contribution in [0.4, 0.5) is 5.95 Å². The lowest BCUT2D eigenvalue weighted by Crippen LogP contribution is -2.11. The monoisotopic (exact) mass is 243 g/mol. The van der Waals surface area contributed by atoms with E-state index in [1.807, 2.05) is 19.9 Å². The van der Waals surface area contributed by atoms with Gasteiger partial charge in [0.15, 0.2) is 0 Å². The van der Waals surface area contributed by atoms with E-state index in [1.165, 1.54) is 6.08 Å². The molecule has 0 aliphatic rings. The molecule has 2 rings (SSSR count). The van der Waals surface area contributed by atoms with Crippen molar-refractivity contribution in [2.45, 2.75) is 13.8 Å². The average Bonchev–Trinajstić information content (AvgIpc) is 2.77. The molecular weight excluding hydrogens is 230 g/mol. The first kappa shape index (κ1) is 12.0. The maximum Gasteiger partial charge on any atom is 0.250 e. The van der Waals surface area contributed by atoms with Crippen LogP contribution in [0.5, 0.6) is 0 Å². The topological polar surface area (TPSA) is 68.0 Å². The van der Waals surface area contributed by atoms with Gasteiger partial charge in [-0.1, -0.05) is 0 Å². The summed E-state index contributed by atoms with van der Waals surface area (Å²) in [6.45, 7) is 3.70. The van der Waals surface area contributed by atoms with Gasteiger partial charge in [-0.15, -0.1) is 0 Å². The fraction of sp³-hybridized carbons (Fsp3) is 0.154. The van der Waals surface area contributed by atoms with Crippen molar-refractivity contribution < 1.29 is 9.21 Å². The first-order valence-electron chi connectivity index (χ1n) is 5.48. The fourth-order valence-electron chi connectivity index (χ4n) is 1.48. The molecule has 1 N–H and O–H groups in total. The quantitative estimate of drug-likeness (QED) is 0.840. The normalized spacial score (nSPS) is 10.8. The number of aryl methyl sites for hydroxylation is 2. The minimum absolute atomic E-state index is 0.295. The van der Waals surface area contributed by atoms with Crippen LogP contribution < -0.4 is 5.32 Å². The van der Waals surface area contributed by atoms with E-state index in [-0.39, 0.29) is 5.91 Å². The summed E-state index contributed by atoms with van der Waals surface area (Å²) in [4.78, 5) is 19.8. The van der Waals surface area contributed by atoms with E-state index in [9.17, 15) is 4.79 Å². The van der Waals surface area contributed by atoms with Crippen molar-refractivity contribution in [3.63, 3.8) is 0 Å². The number of anilines is 1. The second-order valence-electron chi connectivity index (χ2n) is 3.81. The molecule has 0 saturated carbocycles. The molecule has 2 aromatic rings. The van der Waals surface area contributed by atoms with E-state index in [1.54, 1.807) is 24.5 Å². The van der Waals surface area contributed by atoms with Crippen LogP contribution in [0.3, 0.4) is 0 Å². The maximum absolute atomic E-state index is 11.6. The molecule has 0 unspecified atom stereocenters. The van der Waals surface area contributed by atoms with Crippen LogP contribution in [0.1, 0.15) is 17.1 Å². The van der Waals surface area contributed by atoms with E-state index in [4.69, 9.17) is 4.42 Å². The number of carbonyl (C=O) groups excluding carboxylic acids is 1. The van der Waals surface area contributed by atoms with Crippen LogP contribution in [-0.4, -0.2) is 15.9 Å². The lowest BCUT2D eigenvalue weighted by atomic mass is 10.3. The van der Waals surface area contributed by atoms with Crippen LogP contribution in [0.2, 0.25) is 0 Å². The maximum atomic E-state index is 11.6. The molecule has 1 amide bonds. The highest BCUT2D eigenvalue weighted by Crippen LogP contribution is 2.05. The molecule has 0 aromatic carbocycles. The standard InChI is InChI=1S/C13H13N3O2/c1-9-8-10(2)15-13(14-9)16-12(17)6-5-11-4-3-7-18-11/h3-8H,1-2H3,(H,14,15,16,17). The number of nitrogens with zero attached hydrogens (tertiary/aromatic N) is 2. The van der Waals surface area contributed by atoms with Crippen LogP contribution in [0, 0.1) is 13.8 Å². The average molecular weight is 243 g/mol. The number of hydrogen-bond acceptors (Lipinski definition) is 4.